The van der Waals surface area contributed by atoms with Crippen LogP contribution in [0.5, 0.6) is 0 Å². The molecule has 0 aliphatic heterocycles. The summed E-state index contributed by atoms with van der Waals surface area (Å²) in [6.07, 6.45) is 15.5. The first-order chi connectivity index (χ1) is 10.3. The molecule has 0 fully saturated rings. The molecule has 0 N–H and O–H groups in total. The van der Waals surface area contributed by atoms with Gasteiger partial charge in [0.2, 0.25) is 0 Å². The monoisotopic (exact) mass is 316 g/mol. The predicted octanol–water partition coefficient (Wildman–Crippen LogP) is 5.98. The summed E-state index contributed by atoms with van der Waals surface area (Å²) >= 11 is 1.98. The first kappa shape index (κ1) is 20.8. The van der Waals surface area contributed by atoms with Crippen LogP contribution >= 0.6 is 11.8 Å². The average molecular weight is 317 g/mol. The summed E-state index contributed by atoms with van der Waals surface area (Å²) in [4.78, 5) is 11.1. The molecule has 126 valence electrons. The van der Waals surface area contributed by atoms with Gasteiger partial charge < -0.3 is 4.74 Å². The van der Waals surface area contributed by atoms with Gasteiger partial charge in [-0.25, -0.2) is 0 Å². The van der Waals surface area contributed by atoms with Gasteiger partial charge in [0.05, 0.1) is 6.61 Å². The molecule has 0 unspecified atom stereocenters. The first-order valence-electron chi connectivity index (χ1n) is 9.04. The summed E-state index contributed by atoms with van der Waals surface area (Å²) in [5, 5.41) is 0. The highest BCUT2D eigenvalue weighted by atomic mass is 32.2. The van der Waals surface area contributed by atoms with Gasteiger partial charge in [0.25, 0.3) is 0 Å². The van der Waals surface area contributed by atoms with E-state index in [1.54, 1.807) is 0 Å². The van der Waals surface area contributed by atoms with Crippen LogP contribution < -0.4 is 0 Å². The lowest BCUT2D eigenvalue weighted by atomic mass is 10.1. The van der Waals surface area contributed by atoms with Crippen molar-refractivity contribution in [2.75, 3.05) is 18.1 Å². The molecular weight excluding hydrogens is 280 g/mol. The van der Waals surface area contributed by atoms with Gasteiger partial charge in [0.1, 0.15) is 0 Å². The molecule has 0 aromatic rings. The average Bonchev–Trinajstić information content (AvgIpc) is 2.48. The minimum absolute atomic E-state index is 0.0444. The fraction of sp³-hybridized carbons (Fsp3) is 0.944. The Hall–Kier alpha value is -0.180. The molecule has 0 heterocycles. The summed E-state index contributed by atoms with van der Waals surface area (Å²) in [7, 11) is 0. The van der Waals surface area contributed by atoms with E-state index < -0.39 is 0 Å². The van der Waals surface area contributed by atoms with Crippen LogP contribution in [-0.4, -0.2) is 24.1 Å². The molecule has 0 aromatic carbocycles. The Morgan fingerprint density at radius 1 is 0.762 bits per heavy atom. The van der Waals surface area contributed by atoms with E-state index in [1.807, 2.05) is 18.7 Å². The summed E-state index contributed by atoms with van der Waals surface area (Å²) in [6, 6.07) is 0. The van der Waals surface area contributed by atoms with Crippen molar-refractivity contribution in [3.63, 3.8) is 0 Å². The molecule has 0 atom stereocenters. The molecule has 0 bridgehead atoms. The number of rotatable bonds is 16. The van der Waals surface area contributed by atoms with E-state index >= 15 is 0 Å². The number of thioether (sulfide) groups is 1. The first-order valence-corrected chi connectivity index (χ1v) is 10.2. The van der Waals surface area contributed by atoms with Crippen molar-refractivity contribution >= 4 is 17.7 Å². The van der Waals surface area contributed by atoms with Gasteiger partial charge in [0.15, 0.2) is 0 Å². The third kappa shape index (κ3) is 17.8. The van der Waals surface area contributed by atoms with Crippen molar-refractivity contribution in [2.45, 2.75) is 90.9 Å². The maximum absolute atomic E-state index is 11.1. The minimum Gasteiger partial charge on any atom is -0.466 e. The SMILES string of the molecule is CCCCCCCCCCCCSCCCC(=O)OCC. The van der Waals surface area contributed by atoms with Gasteiger partial charge >= 0.3 is 5.97 Å². The normalized spacial score (nSPS) is 10.8. The number of hydrogen-bond donors (Lipinski definition) is 0. The lowest BCUT2D eigenvalue weighted by Crippen LogP contribution is -2.03. The van der Waals surface area contributed by atoms with E-state index in [0.29, 0.717) is 13.0 Å². The van der Waals surface area contributed by atoms with Crippen molar-refractivity contribution in [3.05, 3.63) is 0 Å². The second-order valence-electron chi connectivity index (χ2n) is 5.70. The Labute approximate surface area is 136 Å². The van der Waals surface area contributed by atoms with E-state index in [2.05, 4.69) is 6.92 Å². The molecular formula is C18H36O2S. The van der Waals surface area contributed by atoms with Gasteiger partial charge in [-0.05, 0) is 31.3 Å². The van der Waals surface area contributed by atoms with Gasteiger partial charge in [-0.2, -0.15) is 11.8 Å². The number of unbranched alkanes of at least 4 members (excludes halogenated alkanes) is 9. The van der Waals surface area contributed by atoms with Gasteiger partial charge in [-0.1, -0.05) is 64.7 Å². The predicted molar refractivity (Wildman–Crippen MR) is 95.0 cm³/mol. The minimum atomic E-state index is -0.0444. The van der Waals surface area contributed by atoms with Crippen LogP contribution in [0, 0.1) is 0 Å². The Morgan fingerprint density at radius 3 is 1.86 bits per heavy atom. The van der Waals surface area contributed by atoms with Gasteiger partial charge in [-0.3, -0.25) is 4.79 Å². The highest BCUT2D eigenvalue weighted by Gasteiger charge is 2.00. The summed E-state index contributed by atoms with van der Waals surface area (Å²) in [5.41, 5.74) is 0. The highest BCUT2D eigenvalue weighted by Crippen LogP contribution is 2.13. The van der Waals surface area contributed by atoms with Crippen LogP contribution in [0.3, 0.4) is 0 Å². The third-order valence-corrected chi connectivity index (χ3v) is 4.77. The molecule has 2 nitrogen and oxygen atoms in total. The molecule has 0 rings (SSSR count). The zero-order valence-corrected chi connectivity index (χ0v) is 15.1. The number of carbonyl (C=O) groups is 1. The molecule has 3 heteroatoms. The fourth-order valence-corrected chi connectivity index (χ4v) is 3.31. The van der Waals surface area contributed by atoms with E-state index in [9.17, 15) is 4.79 Å². The zero-order valence-electron chi connectivity index (χ0n) is 14.3. The maximum Gasteiger partial charge on any atom is 0.305 e. The standard InChI is InChI=1S/C18H36O2S/c1-3-5-6-7-8-9-10-11-12-13-16-21-17-14-15-18(19)20-4-2/h3-17H2,1-2H3. The molecule has 0 aromatic heterocycles. The van der Waals surface area contributed by atoms with E-state index in [1.165, 1.54) is 70.0 Å². The number of ether oxygens (including phenoxy) is 1. The van der Waals surface area contributed by atoms with Gasteiger partial charge in [-0.15, -0.1) is 0 Å². The quantitative estimate of drug-likeness (QED) is 0.259. The molecule has 0 saturated heterocycles. The highest BCUT2D eigenvalue weighted by molar-refractivity contribution is 7.99. The Balaban J connectivity index is 3.01. The number of hydrogen-bond acceptors (Lipinski definition) is 3. The zero-order chi connectivity index (χ0) is 15.6. The Morgan fingerprint density at radius 2 is 1.29 bits per heavy atom. The summed E-state index contributed by atoms with van der Waals surface area (Å²) in [5.74, 6) is 2.30. The van der Waals surface area contributed by atoms with Crippen LogP contribution in [0.2, 0.25) is 0 Å². The molecule has 0 saturated carbocycles. The van der Waals surface area contributed by atoms with Crippen LogP contribution in [0.1, 0.15) is 90.9 Å². The Bertz CT molecular complexity index is 219. The van der Waals surface area contributed by atoms with Crippen molar-refractivity contribution in [1.82, 2.24) is 0 Å². The maximum atomic E-state index is 11.1. The molecule has 0 aliphatic rings. The van der Waals surface area contributed by atoms with Crippen molar-refractivity contribution < 1.29 is 9.53 Å². The fourth-order valence-electron chi connectivity index (χ4n) is 2.35. The van der Waals surface area contributed by atoms with Crippen molar-refractivity contribution in [3.8, 4) is 0 Å². The smallest absolute Gasteiger partial charge is 0.305 e. The largest absolute Gasteiger partial charge is 0.466 e. The molecule has 0 amide bonds. The molecule has 0 spiro atoms. The van der Waals surface area contributed by atoms with E-state index in [4.69, 9.17) is 4.74 Å². The number of esters is 1. The van der Waals surface area contributed by atoms with Crippen molar-refractivity contribution in [2.24, 2.45) is 0 Å². The molecule has 0 aliphatic carbocycles. The molecule has 0 radical (unpaired) electrons. The molecule has 21 heavy (non-hydrogen) atoms. The lowest BCUT2D eigenvalue weighted by Gasteiger charge is -2.03. The number of carbonyl (C=O) groups excluding carboxylic acids is 1. The van der Waals surface area contributed by atoms with Crippen LogP contribution in [0.4, 0.5) is 0 Å². The second-order valence-corrected chi connectivity index (χ2v) is 6.93. The van der Waals surface area contributed by atoms with E-state index in [-0.39, 0.29) is 5.97 Å². The van der Waals surface area contributed by atoms with Gasteiger partial charge in [0, 0.05) is 6.42 Å². The third-order valence-electron chi connectivity index (χ3n) is 3.62. The lowest BCUT2D eigenvalue weighted by molar-refractivity contribution is -0.143. The van der Waals surface area contributed by atoms with Crippen molar-refractivity contribution in [1.29, 1.82) is 0 Å². The Kier molecular flexibility index (Phi) is 17.7. The van der Waals surface area contributed by atoms with E-state index in [0.717, 1.165) is 12.2 Å². The summed E-state index contributed by atoms with van der Waals surface area (Å²) < 4.78 is 4.91. The van der Waals surface area contributed by atoms with Crippen LogP contribution in [0.25, 0.3) is 0 Å². The van der Waals surface area contributed by atoms with Crippen LogP contribution in [-0.2, 0) is 9.53 Å². The van der Waals surface area contributed by atoms with Crippen LogP contribution in [0.15, 0.2) is 0 Å². The summed E-state index contributed by atoms with van der Waals surface area (Å²) in [6.45, 7) is 4.64. The second kappa shape index (κ2) is 17.9. The topological polar surface area (TPSA) is 26.3 Å².